The van der Waals surface area contributed by atoms with Crippen molar-refractivity contribution in [3.63, 3.8) is 0 Å². The first kappa shape index (κ1) is 13.0. The highest BCUT2D eigenvalue weighted by atomic mass is 16.6. The lowest BCUT2D eigenvalue weighted by Crippen LogP contribution is -3.23. The van der Waals surface area contributed by atoms with Gasteiger partial charge in [0, 0.05) is 12.8 Å². The summed E-state index contributed by atoms with van der Waals surface area (Å²) < 4.78 is 11.9. The highest BCUT2D eigenvalue weighted by Gasteiger charge is 2.69. The van der Waals surface area contributed by atoms with Gasteiger partial charge in [-0.1, -0.05) is 10.3 Å². The normalized spacial score (nSPS) is 38.0. The van der Waals surface area contributed by atoms with Crippen LogP contribution in [0.3, 0.4) is 0 Å². The van der Waals surface area contributed by atoms with Gasteiger partial charge in [0.2, 0.25) is 0 Å². The van der Waals surface area contributed by atoms with Crippen molar-refractivity contribution >= 4 is 5.71 Å². The maximum atomic E-state index is 13.3. The largest absolute Gasteiger partial charge is 0.619 e. The van der Waals surface area contributed by atoms with E-state index in [-0.39, 0.29) is 11.6 Å². The van der Waals surface area contributed by atoms with Gasteiger partial charge in [-0.2, -0.15) is 4.74 Å². The molecule has 1 aromatic rings. The van der Waals surface area contributed by atoms with Gasteiger partial charge in [0.1, 0.15) is 30.4 Å². The zero-order valence-corrected chi connectivity index (χ0v) is 12.6. The number of nitrogens with one attached hydrogen (secondary N) is 1. The van der Waals surface area contributed by atoms with Crippen LogP contribution in [0.4, 0.5) is 0 Å². The van der Waals surface area contributed by atoms with E-state index in [2.05, 4.69) is 10.3 Å². The van der Waals surface area contributed by atoms with Crippen LogP contribution in [0.2, 0.25) is 0 Å². The number of aryl methyl sites for hydroxylation is 1. The number of ether oxygens (including phenoxy) is 1. The third kappa shape index (κ3) is 1.46. The average molecular weight is 305 g/mol. The molecule has 1 aromatic heterocycles. The van der Waals surface area contributed by atoms with E-state index in [9.17, 15) is 5.21 Å². The minimum absolute atomic E-state index is 0.130. The van der Waals surface area contributed by atoms with Crippen molar-refractivity contribution in [2.75, 3.05) is 26.3 Å². The molecule has 3 atom stereocenters. The SMILES string of the molecule is [O-][N+]1=C2CCc3nonc3[C@H]2[C@H]2CCC[C@]21[NH+]1CCOCC1. The first-order chi connectivity index (χ1) is 10.8. The Morgan fingerprint density at radius 1 is 1.23 bits per heavy atom. The zero-order valence-electron chi connectivity index (χ0n) is 12.6. The topological polar surface area (TPSA) is 78.7 Å². The number of hydrogen-bond acceptors (Lipinski definition) is 5. The first-order valence-corrected chi connectivity index (χ1v) is 8.39. The molecule has 118 valence electrons. The summed E-state index contributed by atoms with van der Waals surface area (Å²) in [7, 11) is 0. The summed E-state index contributed by atoms with van der Waals surface area (Å²) in [5.41, 5.74) is 2.61. The van der Waals surface area contributed by atoms with Gasteiger partial charge in [-0.25, -0.2) is 4.63 Å². The first-order valence-electron chi connectivity index (χ1n) is 8.39. The maximum absolute atomic E-state index is 13.3. The van der Waals surface area contributed by atoms with Crippen molar-refractivity contribution in [3.8, 4) is 0 Å². The van der Waals surface area contributed by atoms with Crippen LogP contribution < -0.4 is 4.90 Å². The Balaban J connectivity index is 1.63. The summed E-state index contributed by atoms with van der Waals surface area (Å²) in [6, 6.07) is 0. The molecule has 3 heterocycles. The molecule has 0 aromatic carbocycles. The fraction of sp³-hybridized carbons (Fsp3) is 0.800. The summed E-state index contributed by atoms with van der Waals surface area (Å²) in [6.45, 7) is 3.38. The Morgan fingerprint density at radius 2 is 2.09 bits per heavy atom. The van der Waals surface area contributed by atoms with Gasteiger partial charge < -0.3 is 9.94 Å². The summed E-state index contributed by atoms with van der Waals surface area (Å²) in [6.07, 6.45) is 4.79. The van der Waals surface area contributed by atoms with Crippen LogP contribution >= 0.6 is 0 Å². The summed E-state index contributed by atoms with van der Waals surface area (Å²) >= 11 is 0. The number of rotatable bonds is 1. The molecule has 1 N–H and O–H groups in total. The Hall–Kier alpha value is -1.47. The molecule has 2 aliphatic carbocycles. The fourth-order valence-electron chi connectivity index (χ4n) is 5.43. The van der Waals surface area contributed by atoms with Crippen LogP contribution in [0.25, 0.3) is 0 Å². The number of fused-ring (bicyclic) bond motifs is 5. The lowest BCUT2D eigenvalue weighted by Gasteiger charge is -2.38. The molecule has 0 radical (unpaired) electrons. The molecule has 0 unspecified atom stereocenters. The average Bonchev–Trinajstić information content (AvgIpc) is 3.24. The molecule has 0 spiro atoms. The Morgan fingerprint density at radius 3 is 2.95 bits per heavy atom. The van der Waals surface area contributed by atoms with Gasteiger partial charge in [0.05, 0.1) is 25.6 Å². The number of morpholine rings is 1. The molecule has 0 amide bonds. The highest BCUT2D eigenvalue weighted by Crippen LogP contribution is 2.50. The Bertz CT molecular complexity index is 636. The minimum Gasteiger partial charge on any atom is -0.619 e. The molecule has 5 rings (SSSR count). The van der Waals surface area contributed by atoms with Gasteiger partial charge in [-0.3, -0.25) is 4.90 Å². The number of hydrogen-bond donors (Lipinski definition) is 1. The second-order valence-electron chi connectivity index (χ2n) is 7.00. The van der Waals surface area contributed by atoms with Gasteiger partial charge in [0.15, 0.2) is 5.71 Å². The van der Waals surface area contributed by atoms with Crippen LogP contribution in [-0.2, 0) is 11.2 Å². The zero-order chi connectivity index (χ0) is 14.7. The van der Waals surface area contributed by atoms with Crippen molar-refractivity contribution in [2.24, 2.45) is 5.92 Å². The number of quaternary nitrogens is 1. The van der Waals surface area contributed by atoms with Crippen molar-refractivity contribution in [3.05, 3.63) is 16.6 Å². The molecule has 7 heteroatoms. The summed E-state index contributed by atoms with van der Waals surface area (Å²) in [5, 5.41) is 21.5. The van der Waals surface area contributed by atoms with Crippen molar-refractivity contribution < 1.29 is 19.0 Å². The van der Waals surface area contributed by atoms with Crippen molar-refractivity contribution in [1.29, 1.82) is 0 Å². The Kier molecular flexibility index (Phi) is 2.67. The third-order valence-electron chi connectivity index (χ3n) is 6.28. The van der Waals surface area contributed by atoms with E-state index < -0.39 is 0 Å². The third-order valence-corrected chi connectivity index (χ3v) is 6.28. The molecule has 7 nitrogen and oxygen atoms in total. The number of aromatic nitrogens is 2. The number of hydroxylamine groups is 1. The summed E-state index contributed by atoms with van der Waals surface area (Å²) in [4.78, 5) is 1.41. The molecule has 2 aliphatic heterocycles. The van der Waals surface area contributed by atoms with E-state index in [4.69, 9.17) is 9.37 Å². The monoisotopic (exact) mass is 305 g/mol. The Labute approximate surface area is 128 Å². The van der Waals surface area contributed by atoms with Crippen molar-refractivity contribution in [2.45, 2.75) is 43.7 Å². The van der Waals surface area contributed by atoms with Crippen LogP contribution in [0.15, 0.2) is 4.63 Å². The lowest BCUT2D eigenvalue weighted by molar-refractivity contribution is -1.04. The van der Waals surface area contributed by atoms with Gasteiger partial charge in [-0.05, 0) is 12.8 Å². The second-order valence-corrected chi connectivity index (χ2v) is 7.00. The van der Waals surface area contributed by atoms with E-state index in [1.54, 1.807) is 0 Å². The van der Waals surface area contributed by atoms with Crippen molar-refractivity contribution in [1.82, 2.24) is 10.3 Å². The molecule has 0 bridgehead atoms. The van der Waals surface area contributed by atoms with E-state index in [0.717, 1.165) is 75.5 Å². The lowest BCUT2D eigenvalue weighted by atomic mass is 9.77. The van der Waals surface area contributed by atoms with E-state index in [0.29, 0.717) is 5.92 Å². The van der Waals surface area contributed by atoms with Gasteiger partial charge >= 0.3 is 5.66 Å². The standard InChI is InChI=1S/C15H20N4O3/c20-19-12-4-3-11-14(17-22-16-11)13(12)10-2-1-5-15(10,19)18-6-8-21-9-7-18/h10,13H,1-9H2/p+1/t10-,13+,15-/m1/s1. The van der Waals surface area contributed by atoms with Gasteiger partial charge in [-0.15, -0.1) is 0 Å². The molecule has 4 aliphatic rings. The second kappa shape index (κ2) is 4.52. The van der Waals surface area contributed by atoms with E-state index in [1.165, 1.54) is 9.64 Å². The molecular weight excluding hydrogens is 284 g/mol. The molecule has 1 saturated carbocycles. The molecule has 2 fully saturated rings. The molecular formula is C15H21N4O3+. The predicted molar refractivity (Wildman–Crippen MR) is 75.6 cm³/mol. The quantitative estimate of drug-likeness (QED) is 0.558. The molecule has 1 saturated heterocycles. The van der Waals surface area contributed by atoms with Gasteiger partial charge in [0.25, 0.3) is 0 Å². The van der Waals surface area contributed by atoms with E-state index >= 15 is 0 Å². The fourth-order valence-corrected chi connectivity index (χ4v) is 5.43. The van der Waals surface area contributed by atoms with Crippen LogP contribution in [0.1, 0.15) is 43.0 Å². The predicted octanol–water partition coefficient (Wildman–Crippen LogP) is -0.524. The van der Waals surface area contributed by atoms with Crippen LogP contribution in [-0.4, -0.2) is 52.7 Å². The highest BCUT2D eigenvalue weighted by molar-refractivity contribution is 5.90. The van der Waals surface area contributed by atoms with Crippen LogP contribution in [0, 0.1) is 11.1 Å². The minimum atomic E-state index is -0.301. The maximum Gasteiger partial charge on any atom is 0.300 e. The van der Waals surface area contributed by atoms with E-state index in [1.807, 2.05) is 0 Å². The number of nitrogens with zero attached hydrogens (tertiary/aromatic N) is 3. The molecule has 22 heavy (non-hydrogen) atoms. The summed E-state index contributed by atoms with van der Waals surface area (Å²) in [5.74, 6) is 0.476. The smallest absolute Gasteiger partial charge is 0.300 e. The van der Waals surface area contributed by atoms with Crippen LogP contribution in [0.5, 0.6) is 0 Å².